The summed E-state index contributed by atoms with van der Waals surface area (Å²) in [5, 5.41) is 0.578. The van der Waals surface area contributed by atoms with Crippen LogP contribution >= 0.6 is 11.6 Å². The van der Waals surface area contributed by atoms with Crippen LogP contribution in [0.5, 0.6) is 0 Å². The number of hydrogen-bond acceptors (Lipinski definition) is 2. The summed E-state index contributed by atoms with van der Waals surface area (Å²) in [6, 6.07) is 13.8. The maximum Gasteiger partial charge on any atom is 0.323 e. The Labute approximate surface area is 133 Å². The molecule has 0 aromatic heterocycles. The Morgan fingerprint density at radius 3 is 2.50 bits per heavy atom. The number of rotatable bonds is 6. The number of nitrogens with zero attached hydrogens (tertiary/aromatic N) is 2. The fourth-order valence-corrected chi connectivity index (χ4v) is 2.16. The lowest BCUT2D eigenvalue weighted by Crippen LogP contribution is -2.04. The minimum absolute atomic E-state index is 0.0956. The second-order valence-electron chi connectivity index (χ2n) is 4.75. The van der Waals surface area contributed by atoms with E-state index in [4.69, 9.17) is 17.1 Å². The van der Waals surface area contributed by atoms with Crippen LogP contribution in [0, 0.1) is 0 Å². The summed E-state index contributed by atoms with van der Waals surface area (Å²) in [5.74, 6) is -0.362. The lowest BCUT2D eigenvalue weighted by molar-refractivity contribution is -0.116. The van der Waals surface area contributed by atoms with Gasteiger partial charge in [0.25, 0.3) is 0 Å². The summed E-state index contributed by atoms with van der Waals surface area (Å²) in [4.78, 5) is 26.4. The molecule has 0 fully saturated rings. The number of ketones is 2. The van der Waals surface area contributed by atoms with Crippen LogP contribution < -0.4 is 0 Å². The minimum Gasteiger partial charge on any atom is -0.361 e. The molecule has 0 spiro atoms. The quantitative estimate of drug-likeness (QED) is 0.355. The van der Waals surface area contributed by atoms with Crippen molar-refractivity contribution >= 4 is 29.4 Å². The third kappa shape index (κ3) is 4.22. The monoisotopic (exact) mass is 312 g/mol. The van der Waals surface area contributed by atoms with Crippen LogP contribution in [0.4, 0.5) is 0 Å². The van der Waals surface area contributed by atoms with Crippen LogP contribution in [-0.2, 0) is 11.2 Å². The van der Waals surface area contributed by atoms with Gasteiger partial charge in [0.15, 0.2) is 5.78 Å². The van der Waals surface area contributed by atoms with Crippen LogP contribution in [0.3, 0.4) is 0 Å². The molecule has 2 rings (SSSR count). The van der Waals surface area contributed by atoms with Crippen molar-refractivity contribution < 1.29 is 14.4 Å². The standard InChI is InChI=1S/C17H13ClN2O2/c18-15-7-5-13(6-8-15)17(22)14-3-1-2-12(10-14)4-9-16(21)11-20-19/h1-3,5-8,10-11H,4,9H2. The van der Waals surface area contributed by atoms with Gasteiger partial charge in [0, 0.05) is 22.6 Å². The van der Waals surface area contributed by atoms with Crippen molar-refractivity contribution in [2.45, 2.75) is 12.8 Å². The molecule has 0 radical (unpaired) electrons. The van der Waals surface area contributed by atoms with Gasteiger partial charge >= 0.3 is 6.21 Å². The predicted molar refractivity (Wildman–Crippen MR) is 84.3 cm³/mol. The van der Waals surface area contributed by atoms with Gasteiger partial charge in [-0.25, -0.2) is 0 Å². The van der Waals surface area contributed by atoms with E-state index in [1.54, 1.807) is 42.5 Å². The summed E-state index contributed by atoms with van der Waals surface area (Å²) >= 11 is 5.81. The Morgan fingerprint density at radius 1 is 1.09 bits per heavy atom. The largest absolute Gasteiger partial charge is 0.361 e. The molecule has 2 aromatic carbocycles. The van der Waals surface area contributed by atoms with E-state index in [9.17, 15) is 9.59 Å². The molecule has 4 nitrogen and oxygen atoms in total. The first kappa shape index (κ1) is 15.8. The van der Waals surface area contributed by atoms with Gasteiger partial charge in [-0.15, -0.1) is 0 Å². The Morgan fingerprint density at radius 2 is 1.82 bits per heavy atom. The molecule has 0 heterocycles. The lowest BCUT2D eigenvalue weighted by Gasteiger charge is -2.04. The molecule has 0 bridgehead atoms. The molecule has 0 unspecified atom stereocenters. The minimum atomic E-state index is -0.267. The molecule has 0 saturated carbocycles. The molecular formula is C17H13ClN2O2. The van der Waals surface area contributed by atoms with Crippen molar-refractivity contribution in [2.24, 2.45) is 0 Å². The van der Waals surface area contributed by atoms with Crippen LogP contribution in [0.25, 0.3) is 5.53 Å². The smallest absolute Gasteiger partial charge is 0.323 e. The van der Waals surface area contributed by atoms with Gasteiger partial charge in [0.05, 0.1) is 0 Å². The average Bonchev–Trinajstić information content (AvgIpc) is 2.53. The zero-order chi connectivity index (χ0) is 15.9. The Bertz CT molecular complexity index is 748. The number of aryl methyl sites for hydroxylation is 1. The summed E-state index contributed by atoms with van der Waals surface area (Å²) in [6.45, 7) is 0. The van der Waals surface area contributed by atoms with Gasteiger partial charge in [0.1, 0.15) is 0 Å². The molecule has 0 amide bonds. The molecule has 110 valence electrons. The third-order valence-corrected chi connectivity index (χ3v) is 3.41. The lowest BCUT2D eigenvalue weighted by atomic mass is 9.99. The highest BCUT2D eigenvalue weighted by atomic mass is 35.5. The van der Waals surface area contributed by atoms with E-state index in [1.165, 1.54) is 0 Å². The number of hydrogen-bond donors (Lipinski definition) is 0. The molecule has 0 aliphatic carbocycles. The van der Waals surface area contributed by atoms with E-state index in [0.29, 0.717) is 22.6 Å². The number of carbonyl (C=O) groups is 2. The van der Waals surface area contributed by atoms with Crippen molar-refractivity contribution in [3.63, 3.8) is 0 Å². The van der Waals surface area contributed by atoms with Gasteiger partial charge in [-0.3, -0.25) is 9.59 Å². The summed E-state index contributed by atoms with van der Waals surface area (Å²) < 4.78 is 0. The van der Waals surface area contributed by atoms with Crippen LogP contribution in [0.1, 0.15) is 27.9 Å². The first-order valence-corrected chi connectivity index (χ1v) is 7.07. The SMILES string of the molecule is [N-]=[N+]=CC(=O)CCc1cccc(C(=O)c2ccc(Cl)cc2)c1. The first-order valence-electron chi connectivity index (χ1n) is 6.69. The van der Waals surface area contributed by atoms with Gasteiger partial charge < -0.3 is 5.53 Å². The Kier molecular flexibility index (Phi) is 5.37. The van der Waals surface area contributed by atoms with Gasteiger partial charge in [-0.05, 0) is 42.3 Å². The second kappa shape index (κ2) is 7.46. The van der Waals surface area contributed by atoms with E-state index in [1.807, 2.05) is 6.07 Å². The molecule has 0 saturated heterocycles. The highest BCUT2D eigenvalue weighted by Gasteiger charge is 2.10. The first-order chi connectivity index (χ1) is 10.6. The van der Waals surface area contributed by atoms with E-state index >= 15 is 0 Å². The van der Waals surface area contributed by atoms with Crippen molar-refractivity contribution in [3.8, 4) is 0 Å². The fraction of sp³-hybridized carbons (Fsp3) is 0.118. The molecule has 0 aliphatic heterocycles. The highest BCUT2D eigenvalue weighted by Crippen LogP contribution is 2.15. The van der Waals surface area contributed by atoms with Crippen molar-refractivity contribution in [1.29, 1.82) is 0 Å². The van der Waals surface area contributed by atoms with Crippen LogP contribution in [0.15, 0.2) is 48.5 Å². The topological polar surface area (TPSA) is 70.5 Å². The summed E-state index contributed by atoms with van der Waals surface area (Å²) in [5.41, 5.74) is 10.3. The van der Waals surface area contributed by atoms with E-state index in [-0.39, 0.29) is 18.0 Å². The Balaban J connectivity index is 2.13. The molecular weight excluding hydrogens is 300 g/mol. The summed E-state index contributed by atoms with van der Waals surface area (Å²) in [7, 11) is 0. The van der Waals surface area contributed by atoms with Crippen LogP contribution in [0.2, 0.25) is 5.02 Å². The second-order valence-corrected chi connectivity index (χ2v) is 5.18. The zero-order valence-electron chi connectivity index (χ0n) is 11.7. The number of Topliss-reactive ketones (excluding diaryl/α,β-unsaturated/α-hetero) is 1. The Hall–Kier alpha value is -2.55. The van der Waals surface area contributed by atoms with Gasteiger partial charge in [-0.2, -0.15) is 4.79 Å². The van der Waals surface area contributed by atoms with E-state index < -0.39 is 0 Å². The summed E-state index contributed by atoms with van der Waals surface area (Å²) in [6.07, 6.45) is 1.58. The molecule has 0 N–H and O–H groups in total. The zero-order valence-corrected chi connectivity index (χ0v) is 12.5. The van der Waals surface area contributed by atoms with Gasteiger partial charge in [-0.1, -0.05) is 29.8 Å². The van der Waals surface area contributed by atoms with Crippen molar-refractivity contribution in [3.05, 3.63) is 75.8 Å². The molecule has 2 aromatic rings. The van der Waals surface area contributed by atoms with Crippen molar-refractivity contribution in [2.75, 3.05) is 0 Å². The fourth-order valence-electron chi connectivity index (χ4n) is 2.03. The maximum absolute atomic E-state index is 12.4. The molecule has 22 heavy (non-hydrogen) atoms. The number of carbonyl (C=O) groups excluding carboxylic acids is 2. The molecule has 0 aliphatic rings. The van der Waals surface area contributed by atoms with Crippen LogP contribution in [-0.4, -0.2) is 22.6 Å². The van der Waals surface area contributed by atoms with E-state index in [0.717, 1.165) is 11.8 Å². The number of benzene rings is 2. The third-order valence-electron chi connectivity index (χ3n) is 3.16. The number of halogens is 1. The van der Waals surface area contributed by atoms with E-state index in [2.05, 4.69) is 4.79 Å². The average molecular weight is 313 g/mol. The normalized spacial score (nSPS) is 9.86. The van der Waals surface area contributed by atoms with Gasteiger partial charge in [0.2, 0.25) is 5.78 Å². The highest BCUT2D eigenvalue weighted by molar-refractivity contribution is 6.30. The molecule has 0 atom stereocenters. The maximum atomic E-state index is 12.4. The van der Waals surface area contributed by atoms with Crippen molar-refractivity contribution in [1.82, 2.24) is 0 Å². The molecule has 5 heteroatoms. The predicted octanol–water partition coefficient (Wildman–Crippen LogP) is 3.37.